The van der Waals surface area contributed by atoms with Crippen LogP contribution in [-0.4, -0.2) is 35.5 Å². The van der Waals surface area contributed by atoms with Crippen molar-refractivity contribution in [3.05, 3.63) is 29.8 Å². The van der Waals surface area contributed by atoms with Gasteiger partial charge in [-0.3, -0.25) is 0 Å². The summed E-state index contributed by atoms with van der Waals surface area (Å²) < 4.78 is 23.2. The Bertz CT molecular complexity index is 424. The summed E-state index contributed by atoms with van der Waals surface area (Å²) in [6.07, 6.45) is 0. The average molecular weight is 298 g/mol. The Kier molecular flexibility index (Phi) is 6.74. The maximum Gasteiger partial charge on any atom is 0.395 e. The minimum atomic E-state index is -3.01. The Morgan fingerprint density at radius 1 is 0.900 bits per heavy atom. The quantitative estimate of drug-likeness (QED) is 0.674. The van der Waals surface area contributed by atoms with E-state index in [0.29, 0.717) is 31.9 Å². The molecule has 0 fully saturated rings. The number of rotatable bonds is 8. The molecule has 0 heterocycles. The first-order chi connectivity index (χ1) is 9.51. The van der Waals surface area contributed by atoms with Crippen molar-refractivity contribution in [3.63, 3.8) is 0 Å². The van der Waals surface area contributed by atoms with Gasteiger partial charge in [-0.2, -0.15) is 0 Å². The third-order valence-corrected chi connectivity index (χ3v) is 6.43. The molecule has 0 aliphatic rings. The summed E-state index contributed by atoms with van der Waals surface area (Å²) in [4.78, 5) is 0. The highest BCUT2D eigenvalue weighted by Crippen LogP contribution is 2.53. The zero-order chi connectivity index (χ0) is 15.2. The standard InChI is InChI=1S/C15H27N2O2P/c1-6-16(7-2)20(18,17(8-3)9-4)19-15-12-10-14(5)11-13-15/h10-13H,6-9H2,1-5H3. The summed E-state index contributed by atoms with van der Waals surface area (Å²) in [5.74, 6) is 0.665. The lowest BCUT2D eigenvalue weighted by Crippen LogP contribution is -2.34. The molecule has 1 aromatic rings. The molecule has 4 nitrogen and oxygen atoms in total. The first kappa shape index (κ1) is 17.2. The van der Waals surface area contributed by atoms with Crippen LogP contribution in [0.4, 0.5) is 0 Å². The van der Waals surface area contributed by atoms with Crippen molar-refractivity contribution in [1.29, 1.82) is 0 Å². The fraction of sp³-hybridized carbons (Fsp3) is 0.600. The molecule has 0 radical (unpaired) electrons. The van der Waals surface area contributed by atoms with Crippen LogP contribution in [-0.2, 0) is 4.57 Å². The van der Waals surface area contributed by atoms with E-state index in [-0.39, 0.29) is 0 Å². The number of benzene rings is 1. The fourth-order valence-corrected chi connectivity index (χ4v) is 4.61. The second-order valence-electron chi connectivity index (χ2n) is 4.67. The van der Waals surface area contributed by atoms with Crippen LogP contribution in [0.5, 0.6) is 5.75 Å². The average Bonchev–Trinajstić information content (AvgIpc) is 2.44. The van der Waals surface area contributed by atoms with Crippen molar-refractivity contribution in [2.75, 3.05) is 26.2 Å². The number of nitrogens with zero attached hydrogens (tertiary/aromatic N) is 2. The predicted molar refractivity (Wildman–Crippen MR) is 85.3 cm³/mol. The van der Waals surface area contributed by atoms with E-state index < -0.39 is 7.67 Å². The smallest absolute Gasteiger partial charge is 0.395 e. The summed E-state index contributed by atoms with van der Waals surface area (Å²) >= 11 is 0. The van der Waals surface area contributed by atoms with Gasteiger partial charge < -0.3 is 4.52 Å². The normalized spacial score (nSPS) is 12.2. The van der Waals surface area contributed by atoms with E-state index >= 15 is 0 Å². The lowest BCUT2D eigenvalue weighted by molar-refractivity contribution is 0.292. The van der Waals surface area contributed by atoms with E-state index in [1.165, 1.54) is 0 Å². The Morgan fingerprint density at radius 3 is 1.65 bits per heavy atom. The molecule has 0 saturated heterocycles. The van der Waals surface area contributed by atoms with Gasteiger partial charge in [-0.25, -0.2) is 13.9 Å². The van der Waals surface area contributed by atoms with Crippen LogP contribution in [0.3, 0.4) is 0 Å². The second kappa shape index (κ2) is 7.82. The minimum Gasteiger partial charge on any atom is -0.422 e. The van der Waals surface area contributed by atoms with Crippen LogP contribution >= 0.6 is 7.67 Å². The maximum absolute atomic E-state index is 13.4. The second-order valence-corrected chi connectivity index (χ2v) is 6.97. The lowest BCUT2D eigenvalue weighted by Gasteiger charge is -2.36. The van der Waals surface area contributed by atoms with Gasteiger partial charge in [0, 0.05) is 26.2 Å². The summed E-state index contributed by atoms with van der Waals surface area (Å²) in [7, 11) is -3.01. The first-order valence-corrected chi connectivity index (χ1v) is 8.91. The molecule has 0 saturated carbocycles. The third kappa shape index (κ3) is 3.85. The fourth-order valence-electron chi connectivity index (χ4n) is 2.19. The molecule has 0 unspecified atom stereocenters. The topological polar surface area (TPSA) is 32.8 Å². The van der Waals surface area contributed by atoms with Gasteiger partial charge in [0.1, 0.15) is 5.75 Å². The number of hydrogen-bond donors (Lipinski definition) is 0. The Balaban J connectivity index is 3.10. The highest BCUT2D eigenvalue weighted by molar-refractivity contribution is 7.54. The van der Waals surface area contributed by atoms with Crippen LogP contribution in [0.2, 0.25) is 0 Å². The van der Waals surface area contributed by atoms with E-state index in [2.05, 4.69) is 0 Å². The van der Waals surface area contributed by atoms with Crippen molar-refractivity contribution in [1.82, 2.24) is 9.34 Å². The maximum atomic E-state index is 13.4. The van der Waals surface area contributed by atoms with E-state index in [0.717, 1.165) is 5.56 Å². The summed E-state index contributed by atoms with van der Waals surface area (Å²) in [6.45, 7) is 12.9. The van der Waals surface area contributed by atoms with Gasteiger partial charge in [0.15, 0.2) is 0 Å². The van der Waals surface area contributed by atoms with Gasteiger partial charge in [0.2, 0.25) is 0 Å². The third-order valence-electron chi connectivity index (χ3n) is 3.42. The van der Waals surface area contributed by atoms with Crippen molar-refractivity contribution >= 4 is 7.67 Å². The summed E-state index contributed by atoms with van der Waals surface area (Å²) in [5.41, 5.74) is 1.16. The van der Waals surface area contributed by atoms with Crippen LogP contribution in [0.1, 0.15) is 33.3 Å². The zero-order valence-electron chi connectivity index (χ0n) is 13.3. The molecule has 0 atom stereocenters. The molecule has 5 heteroatoms. The molecule has 0 bridgehead atoms. The van der Waals surface area contributed by atoms with Crippen LogP contribution in [0.15, 0.2) is 24.3 Å². The van der Waals surface area contributed by atoms with Gasteiger partial charge in [0.25, 0.3) is 0 Å². The Hall–Kier alpha value is -0.830. The minimum absolute atomic E-state index is 0.665. The molecule has 0 aliphatic carbocycles. The van der Waals surface area contributed by atoms with E-state index in [1.54, 1.807) is 0 Å². The number of hydrogen-bond acceptors (Lipinski definition) is 2. The molecule has 114 valence electrons. The zero-order valence-corrected chi connectivity index (χ0v) is 14.2. The van der Waals surface area contributed by atoms with E-state index in [9.17, 15) is 4.57 Å². The highest BCUT2D eigenvalue weighted by atomic mass is 31.2. The molecule has 1 rings (SSSR count). The van der Waals surface area contributed by atoms with Crippen LogP contribution in [0, 0.1) is 6.92 Å². The van der Waals surface area contributed by atoms with Crippen LogP contribution < -0.4 is 4.52 Å². The van der Waals surface area contributed by atoms with Crippen molar-refractivity contribution in [2.45, 2.75) is 34.6 Å². The van der Waals surface area contributed by atoms with Crippen molar-refractivity contribution in [2.24, 2.45) is 0 Å². The summed E-state index contributed by atoms with van der Waals surface area (Å²) in [6, 6.07) is 7.72. The van der Waals surface area contributed by atoms with Gasteiger partial charge in [-0.05, 0) is 19.1 Å². The first-order valence-electron chi connectivity index (χ1n) is 7.38. The van der Waals surface area contributed by atoms with Gasteiger partial charge in [0.05, 0.1) is 0 Å². The van der Waals surface area contributed by atoms with Gasteiger partial charge in [-0.15, -0.1) is 0 Å². The molecule has 1 aromatic carbocycles. The molecule has 0 amide bonds. The SMILES string of the molecule is CCN(CC)P(=O)(Oc1ccc(C)cc1)N(CC)CC. The summed E-state index contributed by atoms with van der Waals surface area (Å²) in [5, 5.41) is 0. The molecule has 0 aromatic heterocycles. The molecule has 20 heavy (non-hydrogen) atoms. The van der Waals surface area contributed by atoms with Gasteiger partial charge >= 0.3 is 7.67 Å². The molecule has 0 aliphatic heterocycles. The number of aryl methyl sites for hydroxylation is 1. The van der Waals surface area contributed by atoms with Crippen molar-refractivity contribution in [3.8, 4) is 5.75 Å². The van der Waals surface area contributed by atoms with Crippen LogP contribution in [0.25, 0.3) is 0 Å². The monoisotopic (exact) mass is 298 g/mol. The van der Waals surface area contributed by atoms with Crippen molar-refractivity contribution < 1.29 is 9.09 Å². The van der Waals surface area contributed by atoms with E-state index in [4.69, 9.17) is 4.52 Å². The molecule has 0 spiro atoms. The predicted octanol–water partition coefficient (Wildman–Crippen LogP) is 4.17. The molecular weight excluding hydrogens is 271 g/mol. The lowest BCUT2D eigenvalue weighted by atomic mass is 10.2. The van der Waals surface area contributed by atoms with Gasteiger partial charge in [-0.1, -0.05) is 45.4 Å². The highest BCUT2D eigenvalue weighted by Gasteiger charge is 2.37. The largest absolute Gasteiger partial charge is 0.422 e. The molecular formula is C15H27N2O2P. The Labute approximate surface area is 123 Å². The van der Waals surface area contributed by atoms with E-state index in [1.807, 2.05) is 68.2 Å². The molecule has 0 N–H and O–H groups in total. The Morgan fingerprint density at radius 2 is 1.30 bits per heavy atom.